The van der Waals surface area contributed by atoms with Gasteiger partial charge in [0.25, 0.3) is 0 Å². The van der Waals surface area contributed by atoms with Gasteiger partial charge in [0.1, 0.15) is 5.82 Å². The molecule has 1 fully saturated rings. The average molecular weight is 223 g/mol. The zero-order valence-electron chi connectivity index (χ0n) is 9.79. The number of hydrogen-bond donors (Lipinski definition) is 1. The van der Waals surface area contributed by atoms with Gasteiger partial charge in [-0.15, -0.1) is 0 Å². The number of aryl methyl sites for hydroxylation is 1. The number of benzene rings is 1. The van der Waals surface area contributed by atoms with E-state index in [2.05, 4.69) is 5.32 Å². The molecule has 16 heavy (non-hydrogen) atoms. The molecule has 1 aliphatic carbocycles. The Balaban J connectivity index is 1.86. The van der Waals surface area contributed by atoms with Crippen LogP contribution in [-0.4, -0.2) is 18.8 Å². The van der Waals surface area contributed by atoms with Gasteiger partial charge in [0.15, 0.2) is 0 Å². The third kappa shape index (κ3) is 2.73. The van der Waals surface area contributed by atoms with Crippen LogP contribution in [0.15, 0.2) is 18.2 Å². The van der Waals surface area contributed by atoms with Crippen molar-refractivity contribution < 1.29 is 9.13 Å². The quantitative estimate of drug-likeness (QED) is 0.846. The van der Waals surface area contributed by atoms with Crippen molar-refractivity contribution in [3.05, 3.63) is 29.6 Å². The second kappa shape index (κ2) is 4.83. The third-order valence-corrected chi connectivity index (χ3v) is 2.91. The number of hydrogen-bond acceptors (Lipinski definition) is 2. The highest BCUT2D eigenvalue weighted by Gasteiger charge is 2.29. The van der Waals surface area contributed by atoms with Gasteiger partial charge in [-0.3, -0.25) is 0 Å². The summed E-state index contributed by atoms with van der Waals surface area (Å²) in [6.45, 7) is 4.69. The molecule has 1 N–H and O–H groups in total. The maximum absolute atomic E-state index is 13.1. The number of halogens is 1. The minimum atomic E-state index is -0.178. The summed E-state index contributed by atoms with van der Waals surface area (Å²) < 4.78 is 18.6. The Morgan fingerprint density at radius 2 is 2.12 bits per heavy atom. The van der Waals surface area contributed by atoms with E-state index in [0.29, 0.717) is 12.1 Å². The first-order valence-electron chi connectivity index (χ1n) is 5.82. The standard InChI is InChI=1S/C13H18FNO/c1-3-16-13-7-12(8-13)15-11-5-9(2)4-10(14)6-11/h4-6,12-13,15H,3,7-8H2,1-2H3. The van der Waals surface area contributed by atoms with E-state index in [9.17, 15) is 4.39 Å². The van der Waals surface area contributed by atoms with E-state index in [1.807, 2.05) is 19.9 Å². The van der Waals surface area contributed by atoms with E-state index in [-0.39, 0.29) is 5.82 Å². The fourth-order valence-corrected chi connectivity index (χ4v) is 2.11. The van der Waals surface area contributed by atoms with Crippen LogP contribution < -0.4 is 5.32 Å². The summed E-state index contributed by atoms with van der Waals surface area (Å²) in [6, 6.07) is 5.48. The van der Waals surface area contributed by atoms with Gasteiger partial charge in [0.2, 0.25) is 0 Å². The molecule has 1 aromatic carbocycles. The van der Waals surface area contributed by atoms with Gasteiger partial charge in [-0.2, -0.15) is 0 Å². The monoisotopic (exact) mass is 223 g/mol. The van der Waals surface area contributed by atoms with Gasteiger partial charge in [0.05, 0.1) is 6.10 Å². The van der Waals surface area contributed by atoms with Crippen LogP contribution in [0.2, 0.25) is 0 Å². The van der Waals surface area contributed by atoms with E-state index in [0.717, 1.165) is 30.7 Å². The van der Waals surface area contributed by atoms with E-state index >= 15 is 0 Å². The Kier molecular flexibility index (Phi) is 3.44. The van der Waals surface area contributed by atoms with Crippen LogP contribution in [0, 0.1) is 12.7 Å². The highest BCUT2D eigenvalue weighted by Crippen LogP contribution is 2.27. The molecule has 0 aliphatic heterocycles. The summed E-state index contributed by atoms with van der Waals surface area (Å²) in [5, 5.41) is 3.33. The van der Waals surface area contributed by atoms with Crippen LogP contribution in [0.25, 0.3) is 0 Å². The average Bonchev–Trinajstić information content (AvgIpc) is 2.13. The molecule has 0 amide bonds. The van der Waals surface area contributed by atoms with Crippen molar-refractivity contribution in [1.82, 2.24) is 0 Å². The first-order valence-corrected chi connectivity index (χ1v) is 5.82. The molecule has 2 rings (SSSR count). The molecular weight excluding hydrogens is 205 g/mol. The molecule has 0 atom stereocenters. The molecule has 0 spiro atoms. The fourth-order valence-electron chi connectivity index (χ4n) is 2.11. The first kappa shape index (κ1) is 11.4. The van der Waals surface area contributed by atoms with Crippen molar-refractivity contribution >= 4 is 5.69 Å². The summed E-state index contributed by atoms with van der Waals surface area (Å²) >= 11 is 0. The van der Waals surface area contributed by atoms with Crippen molar-refractivity contribution in [2.75, 3.05) is 11.9 Å². The number of nitrogens with one attached hydrogen (secondary N) is 1. The van der Waals surface area contributed by atoms with Gasteiger partial charge in [0, 0.05) is 18.3 Å². The van der Waals surface area contributed by atoms with Gasteiger partial charge in [-0.1, -0.05) is 0 Å². The lowest BCUT2D eigenvalue weighted by Crippen LogP contribution is -2.40. The summed E-state index contributed by atoms with van der Waals surface area (Å²) in [5.74, 6) is -0.178. The minimum Gasteiger partial charge on any atom is -0.382 e. The van der Waals surface area contributed by atoms with E-state index in [1.54, 1.807) is 6.07 Å². The second-order valence-corrected chi connectivity index (χ2v) is 4.41. The maximum Gasteiger partial charge on any atom is 0.125 e. The van der Waals surface area contributed by atoms with Crippen molar-refractivity contribution in [1.29, 1.82) is 0 Å². The van der Waals surface area contributed by atoms with E-state index < -0.39 is 0 Å². The molecule has 0 aromatic heterocycles. The van der Waals surface area contributed by atoms with Crippen LogP contribution in [0.3, 0.4) is 0 Å². The zero-order chi connectivity index (χ0) is 11.5. The summed E-state index contributed by atoms with van der Waals surface area (Å²) in [5.41, 5.74) is 1.82. The van der Waals surface area contributed by atoms with Crippen LogP contribution in [0.1, 0.15) is 25.3 Å². The lowest BCUT2D eigenvalue weighted by atomic mass is 9.89. The molecule has 2 nitrogen and oxygen atoms in total. The first-order chi connectivity index (χ1) is 7.67. The van der Waals surface area contributed by atoms with Crippen LogP contribution in [-0.2, 0) is 4.74 Å². The van der Waals surface area contributed by atoms with Gasteiger partial charge < -0.3 is 10.1 Å². The van der Waals surface area contributed by atoms with Crippen LogP contribution in [0.4, 0.5) is 10.1 Å². The zero-order valence-corrected chi connectivity index (χ0v) is 9.79. The molecule has 0 radical (unpaired) electrons. The highest BCUT2D eigenvalue weighted by atomic mass is 19.1. The normalized spacial score (nSPS) is 23.9. The van der Waals surface area contributed by atoms with E-state index in [1.165, 1.54) is 6.07 Å². The van der Waals surface area contributed by atoms with Gasteiger partial charge in [-0.05, 0) is 50.5 Å². The fraction of sp³-hybridized carbons (Fsp3) is 0.538. The number of rotatable bonds is 4. The number of anilines is 1. The Morgan fingerprint density at radius 1 is 1.38 bits per heavy atom. The molecule has 0 saturated heterocycles. The Morgan fingerprint density at radius 3 is 2.75 bits per heavy atom. The SMILES string of the molecule is CCOC1CC(Nc2cc(C)cc(F)c2)C1. The predicted octanol–water partition coefficient (Wildman–Crippen LogP) is 3.11. The largest absolute Gasteiger partial charge is 0.382 e. The van der Waals surface area contributed by atoms with Gasteiger partial charge in [-0.25, -0.2) is 4.39 Å². The maximum atomic E-state index is 13.1. The lowest BCUT2D eigenvalue weighted by molar-refractivity contribution is 0.00299. The molecule has 1 aromatic rings. The molecule has 0 bridgehead atoms. The smallest absolute Gasteiger partial charge is 0.125 e. The lowest BCUT2D eigenvalue weighted by Gasteiger charge is -2.36. The molecule has 1 saturated carbocycles. The Bertz CT molecular complexity index is 341. The highest BCUT2D eigenvalue weighted by molar-refractivity contribution is 5.47. The Labute approximate surface area is 95.8 Å². The molecule has 0 unspecified atom stereocenters. The van der Waals surface area contributed by atoms with Crippen molar-refractivity contribution in [2.24, 2.45) is 0 Å². The Hall–Kier alpha value is -1.09. The van der Waals surface area contributed by atoms with Gasteiger partial charge >= 0.3 is 0 Å². The van der Waals surface area contributed by atoms with Crippen molar-refractivity contribution in [3.8, 4) is 0 Å². The summed E-state index contributed by atoms with van der Waals surface area (Å²) in [4.78, 5) is 0. The van der Waals surface area contributed by atoms with Crippen LogP contribution in [0.5, 0.6) is 0 Å². The number of ether oxygens (including phenoxy) is 1. The molecular formula is C13H18FNO. The van der Waals surface area contributed by atoms with E-state index in [4.69, 9.17) is 4.74 Å². The molecule has 3 heteroatoms. The predicted molar refractivity (Wildman–Crippen MR) is 63.2 cm³/mol. The molecule has 1 aliphatic rings. The topological polar surface area (TPSA) is 21.3 Å². The molecule has 0 heterocycles. The minimum absolute atomic E-state index is 0.178. The molecule has 88 valence electrons. The summed E-state index contributed by atoms with van der Waals surface area (Å²) in [6.07, 6.45) is 2.42. The third-order valence-electron chi connectivity index (χ3n) is 2.91. The second-order valence-electron chi connectivity index (χ2n) is 4.41. The van der Waals surface area contributed by atoms with Crippen molar-refractivity contribution in [2.45, 2.75) is 38.8 Å². The van der Waals surface area contributed by atoms with Crippen molar-refractivity contribution in [3.63, 3.8) is 0 Å². The summed E-state index contributed by atoms with van der Waals surface area (Å²) in [7, 11) is 0. The van der Waals surface area contributed by atoms with Crippen LogP contribution >= 0.6 is 0 Å².